The fourth-order valence-electron chi connectivity index (χ4n) is 5.10. The first-order chi connectivity index (χ1) is 16.9. The molecule has 0 atom stereocenters. The number of oxazole rings is 1. The first-order valence-electron chi connectivity index (χ1n) is 12.6. The highest BCUT2D eigenvalue weighted by Crippen LogP contribution is 2.43. The number of phenolic OH excluding ortho intramolecular Hbond substituents is 1. The summed E-state index contributed by atoms with van der Waals surface area (Å²) in [6, 6.07) is 3.60. The zero-order valence-corrected chi connectivity index (χ0v) is 21.9. The Morgan fingerprint density at radius 3 is 2.60 bits per heavy atom. The number of aryl methyl sites for hydroxylation is 2. The van der Waals surface area contributed by atoms with Gasteiger partial charge in [-0.05, 0) is 55.7 Å². The van der Waals surface area contributed by atoms with E-state index in [-0.39, 0.29) is 5.75 Å². The van der Waals surface area contributed by atoms with Gasteiger partial charge in [0.05, 0.1) is 25.0 Å². The smallest absolute Gasteiger partial charge is 0.246 e. The third kappa shape index (κ3) is 5.14. The first kappa shape index (κ1) is 25.4. The maximum Gasteiger partial charge on any atom is 0.246 e. The summed E-state index contributed by atoms with van der Waals surface area (Å²) in [4.78, 5) is 2.45. The van der Waals surface area contributed by atoms with E-state index in [4.69, 9.17) is 23.7 Å². The highest BCUT2D eigenvalue weighted by Gasteiger charge is 2.30. The maximum atomic E-state index is 11.0. The standard InChI is InChI=1S/C27H39N3O5/c1-7-21-26(29(14-17(2)3)15-19-8-10-34-11-9-19)27-30(28-21)25(18(4)35-27)24-22(31)12-20(16-32-5)13-23(24)33-6/h12-13,17,19,31H,7-11,14-16H2,1-6H3. The van der Waals surface area contributed by atoms with Gasteiger partial charge in [0.15, 0.2) is 0 Å². The molecule has 1 saturated heterocycles. The number of fused-ring (bicyclic) bond motifs is 1. The number of methoxy groups -OCH3 is 2. The number of aromatic nitrogens is 2. The fraction of sp³-hybridized carbons (Fsp3) is 0.593. The predicted molar refractivity (Wildman–Crippen MR) is 137 cm³/mol. The molecule has 0 unspecified atom stereocenters. The van der Waals surface area contributed by atoms with Crippen molar-refractivity contribution < 1.29 is 23.7 Å². The molecular weight excluding hydrogens is 446 g/mol. The van der Waals surface area contributed by atoms with Crippen LogP contribution in [0.4, 0.5) is 5.69 Å². The molecule has 1 aromatic carbocycles. The summed E-state index contributed by atoms with van der Waals surface area (Å²) in [6.45, 7) is 12.4. The van der Waals surface area contributed by atoms with E-state index in [0.717, 1.165) is 62.5 Å². The van der Waals surface area contributed by atoms with Gasteiger partial charge in [-0.2, -0.15) is 9.61 Å². The van der Waals surface area contributed by atoms with Gasteiger partial charge in [-0.15, -0.1) is 0 Å². The lowest BCUT2D eigenvalue weighted by molar-refractivity contribution is 0.0681. The average Bonchev–Trinajstić information content (AvgIpc) is 3.33. The Morgan fingerprint density at radius 2 is 1.97 bits per heavy atom. The van der Waals surface area contributed by atoms with Crippen molar-refractivity contribution in [3.05, 3.63) is 29.2 Å². The van der Waals surface area contributed by atoms with Gasteiger partial charge in [0.1, 0.15) is 28.6 Å². The van der Waals surface area contributed by atoms with E-state index in [1.165, 1.54) is 0 Å². The van der Waals surface area contributed by atoms with Crippen molar-refractivity contribution in [2.24, 2.45) is 11.8 Å². The molecule has 192 valence electrons. The molecule has 0 amide bonds. The summed E-state index contributed by atoms with van der Waals surface area (Å²) in [5, 5.41) is 16.0. The molecule has 35 heavy (non-hydrogen) atoms. The average molecular weight is 486 g/mol. The Morgan fingerprint density at radius 1 is 1.23 bits per heavy atom. The van der Waals surface area contributed by atoms with Crippen LogP contribution in [-0.2, 0) is 22.5 Å². The van der Waals surface area contributed by atoms with Crippen LogP contribution in [0.5, 0.6) is 11.5 Å². The van der Waals surface area contributed by atoms with Crippen molar-refractivity contribution in [3.8, 4) is 22.8 Å². The summed E-state index contributed by atoms with van der Waals surface area (Å²) in [5.41, 5.74) is 4.86. The molecule has 0 spiro atoms. The number of rotatable bonds is 10. The van der Waals surface area contributed by atoms with Gasteiger partial charge in [0, 0.05) is 33.4 Å². The van der Waals surface area contributed by atoms with E-state index in [2.05, 4.69) is 25.7 Å². The molecule has 1 fully saturated rings. The van der Waals surface area contributed by atoms with Crippen LogP contribution in [-0.4, -0.2) is 55.2 Å². The van der Waals surface area contributed by atoms with Crippen molar-refractivity contribution in [3.63, 3.8) is 0 Å². The minimum Gasteiger partial charge on any atom is -0.507 e. The van der Waals surface area contributed by atoms with Crippen molar-refractivity contribution in [2.45, 2.75) is 53.6 Å². The normalized spacial score (nSPS) is 14.8. The largest absolute Gasteiger partial charge is 0.507 e. The number of nitrogens with zero attached hydrogens (tertiary/aromatic N) is 3. The predicted octanol–water partition coefficient (Wildman–Crippen LogP) is 5.21. The molecule has 0 saturated carbocycles. The van der Waals surface area contributed by atoms with Crippen molar-refractivity contribution in [1.29, 1.82) is 0 Å². The van der Waals surface area contributed by atoms with Gasteiger partial charge in [0.25, 0.3) is 0 Å². The quantitative estimate of drug-likeness (QED) is 0.422. The second-order valence-corrected chi connectivity index (χ2v) is 9.85. The van der Waals surface area contributed by atoms with Crippen LogP contribution in [0.15, 0.2) is 16.5 Å². The molecule has 3 heterocycles. The van der Waals surface area contributed by atoms with E-state index < -0.39 is 0 Å². The summed E-state index contributed by atoms with van der Waals surface area (Å²) in [5.74, 6) is 2.41. The molecule has 0 radical (unpaired) electrons. The zero-order valence-electron chi connectivity index (χ0n) is 21.9. The maximum absolute atomic E-state index is 11.0. The minimum absolute atomic E-state index is 0.110. The van der Waals surface area contributed by atoms with Crippen LogP contribution < -0.4 is 9.64 Å². The Hall–Kier alpha value is -2.71. The number of benzene rings is 1. The van der Waals surface area contributed by atoms with E-state index in [1.807, 2.05) is 17.5 Å². The summed E-state index contributed by atoms with van der Waals surface area (Å²) in [6.07, 6.45) is 2.92. The summed E-state index contributed by atoms with van der Waals surface area (Å²) < 4.78 is 24.8. The van der Waals surface area contributed by atoms with Crippen molar-refractivity contribution >= 4 is 11.4 Å². The molecule has 3 aromatic rings. The lowest BCUT2D eigenvalue weighted by atomic mass is 9.98. The highest BCUT2D eigenvalue weighted by molar-refractivity contribution is 5.81. The topological polar surface area (TPSA) is 81.6 Å². The lowest BCUT2D eigenvalue weighted by Gasteiger charge is -2.32. The van der Waals surface area contributed by atoms with Gasteiger partial charge >= 0.3 is 0 Å². The monoisotopic (exact) mass is 485 g/mol. The van der Waals surface area contributed by atoms with E-state index in [1.54, 1.807) is 20.3 Å². The van der Waals surface area contributed by atoms with E-state index >= 15 is 0 Å². The van der Waals surface area contributed by atoms with Crippen LogP contribution in [0, 0.1) is 18.8 Å². The second-order valence-electron chi connectivity index (χ2n) is 9.85. The highest BCUT2D eigenvalue weighted by atomic mass is 16.5. The van der Waals surface area contributed by atoms with E-state index in [0.29, 0.717) is 46.9 Å². The zero-order chi connectivity index (χ0) is 25.1. The Bertz CT molecular complexity index is 1140. The third-order valence-corrected chi connectivity index (χ3v) is 6.65. The van der Waals surface area contributed by atoms with Crippen molar-refractivity contribution in [1.82, 2.24) is 9.61 Å². The molecule has 2 aromatic heterocycles. The van der Waals surface area contributed by atoms with Crippen LogP contribution in [0.25, 0.3) is 17.0 Å². The Labute approximate surface area is 207 Å². The minimum atomic E-state index is 0.110. The summed E-state index contributed by atoms with van der Waals surface area (Å²) >= 11 is 0. The molecule has 1 N–H and O–H groups in total. The van der Waals surface area contributed by atoms with Crippen molar-refractivity contribution in [2.75, 3.05) is 45.4 Å². The van der Waals surface area contributed by atoms with Crippen LogP contribution in [0.3, 0.4) is 0 Å². The van der Waals surface area contributed by atoms with Gasteiger partial charge < -0.3 is 28.6 Å². The number of anilines is 1. The lowest BCUT2D eigenvalue weighted by Crippen LogP contribution is -2.35. The number of hydrogen-bond acceptors (Lipinski definition) is 7. The van der Waals surface area contributed by atoms with Gasteiger partial charge in [0.2, 0.25) is 5.71 Å². The number of ether oxygens (including phenoxy) is 3. The molecule has 0 bridgehead atoms. The Balaban J connectivity index is 1.85. The van der Waals surface area contributed by atoms with Gasteiger partial charge in [-0.3, -0.25) is 0 Å². The molecule has 8 heteroatoms. The SMILES string of the molecule is CCc1nn2c(-c3c(O)cc(COC)cc3OC)c(C)oc2c1N(CC(C)C)CC1CCOCC1. The number of hydrogen-bond donors (Lipinski definition) is 1. The second kappa shape index (κ2) is 10.9. The van der Waals surface area contributed by atoms with Crippen LogP contribution >= 0.6 is 0 Å². The molecule has 8 nitrogen and oxygen atoms in total. The summed E-state index contributed by atoms with van der Waals surface area (Å²) in [7, 11) is 3.23. The number of phenols is 1. The first-order valence-corrected chi connectivity index (χ1v) is 12.6. The third-order valence-electron chi connectivity index (χ3n) is 6.65. The molecular formula is C27H39N3O5. The van der Waals surface area contributed by atoms with Crippen LogP contribution in [0.1, 0.15) is 50.6 Å². The van der Waals surface area contributed by atoms with Gasteiger partial charge in [-0.25, -0.2) is 0 Å². The molecule has 4 rings (SSSR count). The molecule has 0 aliphatic carbocycles. The Kier molecular flexibility index (Phi) is 7.91. The van der Waals surface area contributed by atoms with Gasteiger partial charge in [-0.1, -0.05) is 20.8 Å². The molecule has 1 aliphatic heterocycles. The fourth-order valence-corrected chi connectivity index (χ4v) is 5.10. The molecule has 1 aliphatic rings. The number of aromatic hydroxyl groups is 1. The van der Waals surface area contributed by atoms with Crippen LogP contribution in [0.2, 0.25) is 0 Å². The van der Waals surface area contributed by atoms with E-state index in [9.17, 15) is 5.11 Å².